The lowest BCUT2D eigenvalue weighted by atomic mass is 10.1. The van der Waals surface area contributed by atoms with E-state index in [0.29, 0.717) is 0 Å². The molecule has 0 aromatic heterocycles. The quantitative estimate of drug-likeness (QED) is 0.518. The molecule has 0 aliphatic heterocycles. The third kappa shape index (κ3) is 1.66. The Hall–Kier alpha value is 0.400. The lowest BCUT2D eigenvalue weighted by Crippen LogP contribution is -2.39. The van der Waals surface area contributed by atoms with Crippen LogP contribution in [0.15, 0.2) is 24.3 Å². The molecule has 3 heteroatoms. The fourth-order valence-corrected chi connectivity index (χ4v) is 1.24. The molecule has 0 saturated carbocycles. The maximum absolute atomic E-state index is 5.75. The molecule has 0 heterocycles. The summed E-state index contributed by atoms with van der Waals surface area (Å²) in [7, 11) is 0. The topological polar surface area (TPSA) is 26.0 Å². The fraction of sp³-hybridized carbons (Fsp3) is 0.333. The molecule has 0 radical (unpaired) electrons. The Balaban J connectivity index is 2.78. The highest BCUT2D eigenvalue weighted by Gasteiger charge is 2.26. The predicted octanol–water partition coefficient (Wildman–Crippen LogP) is 1.93. The highest BCUT2D eigenvalue weighted by Crippen LogP contribution is 2.27. The highest BCUT2D eigenvalue weighted by molar-refractivity contribution is 9.12. The van der Waals surface area contributed by atoms with E-state index in [0.717, 1.165) is 0 Å². The van der Waals surface area contributed by atoms with E-state index in [-0.39, 0.29) is 4.83 Å². The second kappa shape index (κ2) is 2.56. The van der Waals surface area contributed by atoms with E-state index in [1.807, 2.05) is 24.3 Å². The molecule has 1 aliphatic carbocycles. The van der Waals surface area contributed by atoms with Crippen LogP contribution in [0.5, 0.6) is 0 Å². The average molecular weight is 253 g/mol. The summed E-state index contributed by atoms with van der Waals surface area (Å²) in [5.74, 6) is 0. The van der Waals surface area contributed by atoms with E-state index in [1.54, 1.807) is 0 Å². The zero-order valence-electron chi connectivity index (χ0n) is 4.72. The second-order valence-electron chi connectivity index (χ2n) is 1.97. The molecular formula is C6H7Br2N. The van der Waals surface area contributed by atoms with E-state index >= 15 is 0 Å². The number of allylic oxidation sites excluding steroid dienone is 2. The SMILES string of the molecule is NC1(Br)C=CC=CC1Br. The molecule has 0 amide bonds. The van der Waals surface area contributed by atoms with Gasteiger partial charge in [0.2, 0.25) is 0 Å². The van der Waals surface area contributed by atoms with Crippen molar-refractivity contribution in [1.82, 2.24) is 0 Å². The third-order valence-corrected chi connectivity index (χ3v) is 3.60. The van der Waals surface area contributed by atoms with E-state index < -0.39 is 4.45 Å². The van der Waals surface area contributed by atoms with Gasteiger partial charge in [0.15, 0.2) is 0 Å². The lowest BCUT2D eigenvalue weighted by Gasteiger charge is -2.23. The van der Waals surface area contributed by atoms with Crippen molar-refractivity contribution < 1.29 is 0 Å². The minimum atomic E-state index is -0.401. The van der Waals surface area contributed by atoms with Gasteiger partial charge in [0.25, 0.3) is 0 Å². The predicted molar refractivity (Wildman–Crippen MR) is 46.8 cm³/mol. The van der Waals surface area contributed by atoms with Crippen LogP contribution in [0, 0.1) is 0 Å². The molecule has 2 atom stereocenters. The Bertz CT molecular complexity index is 160. The first kappa shape index (κ1) is 7.51. The molecule has 9 heavy (non-hydrogen) atoms. The monoisotopic (exact) mass is 251 g/mol. The maximum Gasteiger partial charge on any atom is 0.107 e. The molecule has 1 aliphatic rings. The Kier molecular flexibility index (Phi) is 2.14. The van der Waals surface area contributed by atoms with Crippen LogP contribution in [-0.4, -0.2) is 9.28 Å². The minimum absolute atomic E-state index is 0.190. The van der Waals surface area contributed by atoms with Gasteiger partial charge in [-0.05, 0) is 0 Å². The first-order valence-corrected chi connectivity index (χ1v) is 4.32. The number of hydrogen-bond acceptors (Lipinski definition) is 1. The summed E-state index contributed by atoms with van der Waals surface area (Å²) in [5, 5.41) is 0. The Morgan fingerprint density at radius 1 is 1.44 bits per heavy atom. The van der Waals surface area contributed by atoms with Crippen molar-refractivity contribution in [3.8, 4) is 0 Å². The van der Waals surface area contributed by atoms with Crippen molar-refractivity contribution in [3.05, 3.63) is 24.3 Å². The summed E-state index contributed by atoms with van der Waals surface area (Å²) in [6, 6.07) is 0. The normalized spacial score (nSPS) is 41.4. The summed E-state index contributed by atoms with van der Waals surface area (Å²) in [6.07, 6.45) is 7.79. The standard InChI is InChI=1S/C6H7Br2N/c7-5-3-1-2-4-6(5,8)9/h1-5H,9H2. The van der Waals surface area contributed by atoms with E-state index in [4.69, 9.17) is 5.73 Å². The lowest BCUT2D eigenvalue weighted by molar-refractivity contribution is 0.799. The summed E-state index contributed by atoms with van der Waals surface area (Å²) in [6.45, 7) is 0. The Morgan fingerprint density at radius 3 is 2.44 bits per heavy atom. The van der Waals surface area contributed by atoms with Gasteiger partial charge >= 0.3 is 0 Å². The van der Waals surface area contributed by atoms with Gasteiger partial charge in [0.05, 0.1) is 4.83 Å². The molecule has 1 nitrogen and oxygen atoms in total. The van der Waals surface area contributed by atoms with E-state index in [9.17, 15) is 0 Å². The number of rotatable bonds is 0. The van der Waals surface area contributed by atoms with Crippen LogP contribution in [-0.2, 0) is 0 Å². The molecule has 50 valence electrons. The zero-order chi connectivity index (χ0) is 6.91. The van der Waals surface area contributed by atoms with Crippen LogP contribution < -0.4 is 5.73 Å². The Morgan fingerprint density at radius 2 is 2.11 bits per heavy atom. The smallest absolute Gasteiger partial charge is 0.107 e. The zero-order valence-corrected chi connectivity index (χ0v) is 7.89. The van der Waals surface area contributed by atoms with E-state index in [2.05, 4.69) is 31.9 Å². The van der Waals surface area contributed by atoms with Gasteiger partial charge in [-0.1, -0.05) is 56.2 Å². The van der Waals surface area contributed by atoms with Crippen LogP contribution in [0.4, 0.5) is 0 Å². The molecule has 0 aromatic rings. The van der Waals surface area contributed by atoms with Gasteiger partial charge in [-0.25, -0.2) is 0 Å². The van der Waals surface area contributed by atoms with Crippen LogP contribution >= 0.6 is 31.9 Å². The summed E-state index contributed by atoms with van der Waals surface area (Å²) < 4.78 is -0.401. The fourth-order valence-electron chi connectivity index (χ4n) is 0.604. The van der Waals surface area contributed by atoms with Crippen LogP contribution in [0.3, 0.4) is 0 Å². The van der Waals surface area contributed by atoms with Crippen molar-refractivity contribution in [2.75, 3.05) is 0 Å². The van der Waals surface area contributed by atoms with Crippen molar-refractivity contribution in [2.24, 2.45) is 5.73 Å². The first-order chi connectivity index (χ1) is 4.13. The molecule has 2 unspecified atom stereocenters. The molecule has 2 N–H and O–H groups in total. The second-order valence-corrected chi connectivity index (χ2v) is 4.33. The minimum Gasteiger partial charge on any atom is -0.312 e. The molecule has 0 spiro atoms. The molecular weight excluding hydrogens is 246 g/mol. The van der Waals surface area contributed by atoms with E-state index in [1.165, 1.54) is 0 Å². The van der Waals surface area contributed by atoms with Crippen LogP contribution in [0.25, 0.3) is 0 Å². The number of halogens is 2. The van der Waals surface area contributed by atoms with Crippen molar-refractivity contribution in [1.29, 1.82) is 0 Å². The van der Waals surface area contributed by atoms with Crippen LogP contribution in [0.1, 0.15) is 0 Å². The Labute approximate surface area is 71.3 Å². The van der Waals surface area contributed by atoms with Gasteiger partial charge in [-0.3, -0.25) is 0 Å². The van der Waals surface area contributed by atoms with Gasteiger partial charge in [0.1, 0.15) is 4.45 Å². The molecule has 0 aromatic carbocycles. The maximum atomic E-state index is 5.75. The number of nitrogens with two attached hydrogens (primary N) is 1. The first-order valence-electron chi connectivity index (χ1n) is 2.61. The van der Waals surface area contributed by atoms with Gasteiger partial charge < -0.3 is 5.73 Å². The summed E-state index contributed by atoms with van der Waals surface area (Å²) in [4.78, 5) is 0.190. The molecule has 0 fully saturated rings. The molecule has 1 rings (SSSR count). The average Bonchev–Trinajstić information content (AvgIpc) is 1.77. The summed E-state index contributed by atoms with van der Waals surface area (Å²) >= 11 is 6.75. The van der Waals surface area contributed by atoms with Gasteiger partial charge in [-0.2, -0.15) is 0 Å². The van der Waals surface area contributed by atoms with Crippen LogP contribution in [0.2, 0.25) is 0 Å². The van der Waals surface area contributed by atoms with Crippen molar-refractivity contribution >= 4 is 31.9 Å². The number of hydrogen-bond donors (Lipinski definition) is 1. The largest absolute Gasteiger partial charge is 0.312 e. The van der Waals surface area contributed by atoms with Crippen molar-refractivity contribution in [3.63, 3.8) is 0 Å². The van der Waals surface area contributed by atoms with Gasteiger partial charge in [-0.15, -0.1) is 0 Å². The summed E-state index contributed by atoms with van der Waals surface area (Å²) in [5.41, 5.74) is 5.75. The highest BCUT2D eigenvalue weighted by atomic mass is 79.9. The van der Waals surface area contributed by atoms with Gasteiger partial charge in [0, 0.05) is 0 Å². The molecule has 0 bridgehead atoms. The molecule has 0 saturated heterocycles. The number of alkyl halides is 2. The van der Waals surface area contributed by atoms with Crippen molar-refractivity contribution in [2.45, 2.75) is 9.28 Å². The third-order valence-electron chi connectivity index (χ3n) is 1.17.